The van der Waals surface area contributed by atoms with Crippen LogP contribution in [0.25, 0.3) is 0 Å². The summed E-state index contributed by atoms with van der Waals surface area (Å²) in [4.78, 5) is 14.5. The molecule has 0 atom stereocenters. The van der Waals surface area contributed by atoms with E-state index in [4.69, 9.17) is 0 Å². The molecule has 0 radical (unpaired) electrons. The summed E-state index contributed by atoms with van der Waals surface area (Å²) in [6.45, 7) is 2.18. The third-order valence-corrected chi connectivity index (χ3v) is 2.60. The maximum atomic E-state index is 11.6. The Hall–Kier alpha value is -2.56. The van der Waals surface area contributed by atoms with Crippen molar-refractivity contribution in [3.63, 3.8) is 0 Å². The van der Waals surface area contributed by atoms with Gasteiger partial charge >= 0.3 is 0 Å². The molecule has 5 nitrogen and oxygen atoms in total. The Morgan fingerprint density at radius 3 is 2.89 bits per heavy atom. The van der Waals surface area contributed by atoms with Gasteiger partial charge in [0.1, 0.15) is 0 Å². The molecule has 1 aromatic heterocycles. The van der Waals surface area contributed by atoms with Crippen LogP contribution in [0.4, 0.5) is 5.69 Å². The lowest BCUT2D eigenvalue weighted by molar-refractivity contribution is -0.119. The van der Waals surface area contributed by atoms with Crippen molar-refractivity contribution in [1.82, 2.24) is 10.4 Å². The molecule has 0 bridgehead atoms. The summed E-state index contributed by atoms with van der Waals surface area (Å²) in [7, 11) is 0. The molecule has 1 aromatic carbocycles. The number of benzene rings is 1. The van der Waals surface area contributed by atoms with Crippen LogP contribution >= 0.6 is 0 Å². The predicted molar refractivity (Wildman–Crippen MR) is 76.2 cm³/mol. The van der Waals surface area contributed by atoms with E-state index in [1.807, 2.05) is 43.3 Å². The Balaban J connectivity index is 1.78. The summed E-state index contributed by atoms with van der Waals surface area (Å²) in [5.41, 5.74) is 5.35. The fraction of sp³-hybridized carbons (Fsp3) is 0.143. The quantitative estimate of drug-likeness (QED) is 0.564. The van der Waals surface area contributed by atoms with E-state index in [1.54, 1.807) is 12.4 Å². The van der Waals surface area contributed by atoms with Gasteiger partial charge in [0.2, 0.25) is 0 Å². The van der Waals surface area contributed by atoms with Crippen molar-refractivity contribution in [2.24, 2.45) is 5.10 Å². The van der Waals surface area contributed by atoms with E-state index < -0.39 is 0 Å². The fourth-order valence-electron chi connectivity index (χ4n) is 1.58. The summed E-state index contributed by atoms with van der Waals surface area (Å²) in [6.07, 6.45) is 3.36. The summed E-state index contributed by atoms with van der Waals surface area (Å²) in [5.74, 6) is -0.189. The maximum Gasteiger partial charge on any atom is 0.259 e. The van der Waals surface area contributed by atoms with Gasteiger partial charge in [0.25, 0.3) is 5.91 Å². The molecule has 1 heterocycles. The number of H-pyrrole nitrogens is 1. The van der Waals surface area contributed by atoms with Crippen LogP contribution in [-0.4, -0.2) is 23.7 Å². The molecule has 0 aliphatic carbocycles. The van der Waals surface area contributed by atoms with Crippen LogP contribution in [-0.2, 0) is 4.79 Å². The van der Waals surface area contributed by atoms with Gasteiger partial charge in [-0.25, -0.2) is 5.43 Å². The van der Waals surface area contributed by atoms with Crippen molar-refractivity contribution < 1.29 is 4.79 Å². The van der Waals surface area contributed by atoms with Gasteiger partial charge in [-0.3, -0.25) is 4.79 Å². The highest BCUT2D eigenvalue weighted by Crippen LogP contribution is 2.12. The maximum absolute atomic E-state index is 11.6. The molecule has 98 valence electrons. The van der Waals surface area contributed by atoms with Gasteiger partial charge in [0, 0.05) is 11.9 Å². The Kier molecular flexibility index (Phi) is 4.34. The number of carbonyl (C=O) groups is 1. The number of rotatable bonds is 5. The second kappa shape index (κ2) is 6.39. The number of hydrogen-bond donors (Lipinski definition) is 3. The van der Waals surface area contributed by atoms with Crippen LogP contribution in [0.1, 0.15) is 11.3 Å². The van der Waals surface area contributed by atoms with Crippen molar-refractivity contribution in [1.29, 1.82) is 0 Å². The second-order valence-electron chi connectivity index (χ2n) is 4.09. The van der Waals surface area contributed by atoms with Crippen molar-refractivity contribution in [2.75, 3.05) is 11.9 Å². The third kappa shape index (κ3) is 3.99. The number of para-hydroxylation sites is 1. The van der Waals surface area contributed by atoms with Gasteiger partial charge in [0.15, 0.2) is 0 Å². The van der Waals surface area contributed by atoms with Crippen LogP contribution in [0, 0.1) is 6.92 Å². The summed E-state index contributed by atoms with van der Waals surface area (Å²) in [5, 5.41) is 6.92. The molecule has 2 rings (SSSR count). The largest absolute Gasteiger partial charge is 0.376 e. The molecule has 5 heteroatoms. The van der Waals surface area contributed by atoms with Crippen LogP contribution in [0.2, 0.25) is 0 Å². The number of carbonyl (C=O) groups excluding carboxylic acids is 1. The predicted octanol–water partition coefficient (Wildman–Crippen LogP) is 1.89. The van der Waals surface area contributed by atoms with E-state index in [1.165, 1.54) is 0 Å². The Morgan fingerprint density at radius 2 is 2.16 bits per heavy atom. The first-order valence-corrected chi connectivity index (χ1v) is 6.00. The highest BCUT2D eigenvalue weighted by Gasteiger charge is 2.00. The lowest BCUT2D eigenvalue weighted by atomic mass is 10.2. The molecule has 1 amide bonds. The highest BCUT2D eigenvalue weighted by atomic mass is 16.2. The molecule has 0 aliphatic rings. The molecule has 19 heavy (non-hydrogen) atoms. The number of aromatic amines is 1. The van der Waals surface area contributed by atoms with Crippen LogP contribution in [0.3, 0.4) is 0 Å². The van der Waals surface area contributed by atoms with Crippen molar-refractivity contribution in [2.45, 2.75) is 6.92 Å². The van der Waals surface area contributed by atoms with Gasteiger partial charge in [-0.2, -0.15) is 5.10 Å². The Bertz CT molecular complexity index is 561. The molecule has 0 aliphatic heterocycles. The van der Waals surface area contributed by atoms with E-state index in [9.17, 15) is 4.79 Å². The summed E-state index contributed by atoms with van der Waals surface area (Å²) < 4.78 is 0. The fourth-order valence-corrected chi connectivity index (χ4v) is 1.58. The minimum Gasteiger partial charge on any atom is -0.376 e. The number of hydrazone groups is 1. The van der Waals surface area contributed by atoms with E-state index in [2.05, 4.69) is 20.8 Å². The monoisotopic (exact) mass is 256 g/mol. The van der Waals surface area contributed by atoms with Gasteiger partial charge in [-0.05, 0) is 30.7 Å². The number of aryl methyl sites for hydroxylation is 1. The number of anilines is 1. The van der Waals surface area contributed by atoms with E-state index in [-0.39, 0.29) is 12.5 Å². The molecule has 0 spiro atoms. The molecule has 2 aromatic rings. The molecule has 0 unspecified atom stereocenters. The zero-order valence-electron chi connectivity index (χ0n) is 10.7. The van der Waals surface area contributed by atoms with E-state index in [0.29, 0.717) is 0 Å². The molecule has 0 fully saturated rings. The van der Waals surface area contributed by atoms with Crippen molar-refractivity contribution in [3.8, 4) is 0 Å². The number of nitrogens with zero attached hydrogens (tertiary/aromatic N) is 1. The highest BCUT2D eigenvalue weighted by molar-refractivity contribution is 5.83. The zero-order chi connectivity index (χ0) is 13.5. The standard InChI is InChI=1S/C14H16N4O/c1-11-5-2-3-7-13(11)16-10-14(19)18-17-9-12-6-4-8-15-12/h2-9,15-16H,10H2,1H3,(H,18,19)/b17-9+. The number of nitrogens with one attached hydrogen (secondary N) is 3. The zero-order valence-corrected chi connectivity index (χ0v) is 10.7. The molecular weight excluding hydrogens is 240 g/mol. The van der Waals surface area contributed by atoms with Gasteiger partial charge in [0.05, 0.1) is 18.5 Å². The molecular formula is C14H16N4O. The van der Waals surface area contributed by atoms with Crippen molar-refractivity contribution >= 4 is 17.8 Å². The first-order valence-electron chi connectivity index (χ1n) is 6.00. The Labute approximate surface area is 111 Å². The average molecular weight is 256 g/mol. The van der Waals surface area contributed by atoms with Crippen molar-refractivity contribution in [3.05, 3.63) is 53.9 Å². The summed E-state index contributed by atoms with van der Waals surface area (Å²) in [6, 6.07) is 11.5. The smallest absolute Gasteiger partial charge is 0.259 e. The molecule has 0 saturated heterocycles. The number of hydrogen-bond acceptors (Lipinski definition) is 3. The normalized spacial score (nSPS) is 10.6. The first-order chi connectivity index (χ1) is 9.25. The SMILES string of the molecule is Cc1ccccc1NCC(=O)N/N=C/c1ccc[nH]1. The average Bonchev–Trinajstić information content (AvgIpc) is 2.91. The summed E-state index contributed by atoms with van der Waals surface area (Å²) >= 11 is 0. The van der Waals surface area contributed by atoms with Gasteiger partial charge in [-0.1, -0.05) is 18.2 Å². The van der Waals surface area contributed by atoms with E-state index >= 15 is 0 Å². The first kappa shape index (κ1) is 12.9. The van der Waals surface area contributed by atoms with Crippen LogP contribution in [0.5, 0.6) is 0 Å². The minimum absolute atomic E-state index is 0.187. The topological polar surface area (TPSA) is 69.3 Å². The van der Waals surface area contributed by atoms with Gasteiger partial charge < -0.3 is 10.3 Å². The Morgan fingerprint density at radius 1 is 1.32 bits per heavy atom. The lowest BCUT2D eigenvalue weighted by Gasteiger charge is -2.07. The number of amides is 1. The lowest BCUT2D eigenvalue weighted by Crippen LogP contribution is -2.26. The molecule has 0 saturated carbocycles. The van der Waals surface area contributed by atoms with Crippen LogP contribution in [0.15, 0.2) is 47.7 Å². The van der Waals surface area contributed by atoms with Crippen LogP contribution < -0.4 is 10.7 Å². The molecule has 3 N–H and O–H groups in total. The second-order valence-corrected chi connectivity index (χ2v) is 4.09. The number of aromatic nitrogens is 1. The van der Waals surface area contributed by atoms with Gasteiger partial charge in [-0.15, -0.1) is 0 Å². The van der Waals surface area contributed by atoms with E-state index in [0.717, 1.165) is 16.9 Å². The third-order valence-electron chi connectivity index (χ3n) is 2.60. The minimum atomic E-state index is -0.189.